The molecule has 13 heavy (non-hydrogen) atoms. The minimum absolute atomic E-state index is 0.0214. The first-order valence-corrected chi connectivity index (χ1v) is 4.33. The zero-order valence-corrected chi connectivity index (χ0v) is 7.48. The molecule has 1 saturated heterocycles. The fraction of sp³-hybridized carbons (Fsp3) is 0.625. The van der Waals surface area contributed by atoms with Crippen molar-refractivity contribution < 1.29 is 0 Å². The Labute approximate surface area is 77.6 Å². The van der Waals surface area contributed by atoms with Crippen LogP contribution in [0.5, 0.6) is 0 Å². The van der Waals surface area contributed by atoms with E-state index in [-0.39, 0.29) is 5.96 Å². The van der Waals surface area contributed by atoms with Crippen molar-refractivity contribution in [1.82, 2.24) is 4.90 Å². The van der Waals surface area contributed by atoms with Crippen LogP contribution in [0.25, 0.3) is 0 Å². The Kier molecular flexibility index (Phi) is 3.76. The number of nitrogens with zero attached hydrogens (tertiary/aromatic N) is 4. The lowest BCUT2D eigenvalue weighted by molar-refractivity contribution is 0.351. The Morgan fingerprint density at radius 3 is 2.69 bits per heavy atom. The molecule has 0 aliphatic carbocycles. The standard InChI is InChI=1S/C8H13N5/c9-6-11-8(10)12-7-13-4-2-1-3-5-13/h7H,1-5H2,(H2,10,11)/b12-7+. The van der Waals surface area contributed by atoms with Gasteiger partial charge >= 0.3 is 0 Å². The first-order valence-electron chi connectivity index (χ1n) is 4.33. The van der Waals surface area contributed by atoms with Gasteiger partial charge in [0.2, 0.25) is 12.2 Å². The van der Waals surface area contributed by atoms with Gasteiger partial charge in [0.25, 0.3) is 0 Å². The molecule has 0 aromatic carbocycles. The monoisotopic (exact) mass is 179 g/mol. The molecule has 0 radical (unpaired) electrons. The number of guanidine groups is 1. The lowest BCUT2D eigenvalue weighted by Gasteiger charge is -2.23. The molecule has 0 spiro atoms. The van der Waals surface area contributed by atoms with Gasteiger partial charge in [0.05, 0.1) is 6.34 Å². The summed E-state index contributed by atoms with van der Waals surface area (Å²) in [6.45, 7) is 2.03. The fourth-order valence-corrected chi connectivity index (χ4v) is 1.25. The summed E-state index contributed by atoms with van der Waals surface area (Å²) in [6.07, 6.45) is 6.92. The van der Waals surface area contributed by atoms with Crippen molar-refractivity contribution in [2.45, 2.75) is 19.3 Å². The van der Waals surface area contributed by atoms with E-state index in [1.807, 2.05) is 0 Å². The summed E-state index contributed by atoms with van der Waals surface area (Å²) >= 11 is 0. The van der Waals surface area contributed by atoms with E-state index in [1.165, 1.54) is 19.3 Å². The van der Waals surface area contributed by atoms with Gasteiger partial charge in [-0.15, -0.1) is 4.99 Å². The molecular weight excluding hydrogens is 166 g/mol. The number of rotatable bonds is 1. The van der Waals surface area contributed by atoms with Crippen LogP contribution in [0, 0.1) is 11.5 Å². The quantitative estimate of drug-likeness (QED) is 0.357. The van der Waals surface area contributed by atoms with Gasteiger partial charge in [-0.3, -0.25) is 0 Å². The van der Waals surface area contributed by atoms with E-state index in [2.05, 4.69) is 14.9 Å². The Morgan fingerprint density at radius 1 is 1.38 bits per heavy atom. The van der Waals surface area contributed by atoms with Crippen LogP contribution in [0.15, 0.2) is 9.98 Å². The van der Waals surface area contributed by atoms with Crippen LogP contribution in [-0.2, 0) is 0 Å². The second-order valence-electron chi connectivity index (χ2n) is 2.91. The van der Waals surface area contributed by atoms with Gasteiger partial charge in [-0.1, -0.05) is 0 Å². The summed E-state index contributed by atoms with van der Waals surface area (Å²) in [6, 6.07) is 0. The van der Waals surface area contributed by atoms with Crippen molar-refractivity contribution in [2.75, 3.05) is 13.1 Å². The van der Waals surface area contributed by atoms with Crippen LogP contribution >= 0.6 is 0 Å². The summed E-state index contributed by atoms with van der Waals surface area (Å²) in [5.41, 5.74) is 5.30. The molecule has 5 nitrogen and oxygen atoms in total. The molecular formula is C8H13N5. The van der Waals surface area contributed by atoms with Gasteiger partial charge in [0, 0.05) is 13.1 Å². The first-order chi connectivity index (χ1) is 6.33. The lowest BCUT2D eigenvalue weighted by atomic mass is 10.1. The van der Waals surface area contributed by atoms with Gasteiger partial charge in [-0.05, 0) is 19.3 Å². The number of piperidine rings is 1. The molecule has 1 aliphatic rings. The highest BCUT2D eigenvalue weighted by atomic mass is 15.2. The van der Waals surface area contributed by atoms with Gasteiger partial charge < -0.3 is 10.6 Å². The average Bonchev–Trinajstić information content (AvgIpc) is 2.17. The highest BCUT2D eigenvalue weighted by molar-refractivity contribution is 5.86. The van der Waals surface area contributed by atoms with E-state index < -0.39 is 0 Å². The third kappa shape index (κ3) is 3.56. The molecule has 0 unspecified atom stereocenters. The fourth-order valence-electron chi connectivity index (χ4n) is 1.25. The molecule has 0 amide bonds. The smallest absolute Gasteiger partial charge is 0.232 e. The minimum Gasteiger partial charge on any atom is -0.367 e. The molecule has 1 fully saturated rings. The molecule has 70 valence electrons. The second kappa shape index (κ2) is 5.14. The summed E-state index contributed by atoms with van der Waals surface area (Å²) in [4.78, 5) is 9.21. The molecule has 0 aromatic rings. The Hall–Kier alpha value is -1.57. The first kappa shape index (κ1) is 9.52. The maximum atomic E-state index is 8.17. The van der Waals surface area contributed by atoms with Crippen LogP contribution in [-0.4, -0.2) is 30.3 Å². The minimum atomic E-state index is 0.0214. The zero-order chi connectivity index (χ0) is 9.52. The molecule has 2 N–H and O–H groups in total. The number of nitriles is 1. The number of hydrogen-bond donors (Lipinski definition) is 1. The van der Waals surface area contributed by atoms with Crippen molar-refractivity contribution >= 4 is 12.3 Å². The van der Waals surface area contributed by atoms with Crippen molar-refractivity contribution in [3.8, 4) is 6.19 Å². The normalized spacial score (nSPS) is 19.0. The van der Waals surface area contributed by atoms with Crippen LogP contribution in [0.3, 0.4) is 0 Å². The SMILES string of the molecule is N#CN=C(N)/N=C/N1CCCCC1. The number of nitrogens with two attached hydrogens (primary N) is 1. The predicted molar refractivity (Wildman–Crippen MR) is 51.2 cm³/mol. The third-order valence-corrected chi connectivity index (χ3v) is 1.91. The zero-order valence-electron chi connectivity index (χ0n) is 7.48. The summed E-state index contributed by atoms with van der Waals surface area (Å²) < 4.78 is 0. The second-order valence-corrected chi connectivity index (χ2v) is 2.91. The Morgan fingerprint density at radius 2 is 2.08 bits per heavy atom. The number of hydrogen-bond acceptors (Lipinski definition) is 2. The van der Waals surface area contributed by atoms with Crippen LogP contribution in [0.1, 0.15) is 19.3 Å². The number of aliphatic imine (C=N–C) groups is 2. The molecule has 0 atom stereocenters. The molecule has 0 aromatic heterocycles. The summed E-state index contributed by atoms with van der Waals surface area (Å²) in [5.74, 6) is 0.0214. The lowest BCUT2D eigenvalue weighted by Crippen LogP contribution is -2.29. The van der Waals surface area contributed by atoms with Gasteiger partial charge in [0.15, 0.2) is 0 Å². The molecule has 1 heterocycles. The Bertz CT molecular complexity index is 244. The van der Waals surface area contributed by atoms with Crippen molar-refractivity contribution in [3.05, 3.63) is 0 Å². The third-order valence-electron chi connectivity index (χ3n) is 1.91. The van der Waals surface area contributed by atoms with Crippen molar-refractivity contribution in [1.29, 1.82) is 5.26 Å². The average molecular weight is 179 g/mol. The van der Waals surface area contributed by atoms with Crippen LogP contribution in [0.2, 0.25) is 0 Å². The Balaban J connectivity index is 2.38. The van der Waals surface area contributed by atoms with Gasteiger partial charge in [0.1, 0.15) is 0 Å². The van der Waals surface area contributed by atoms with Crippen molar-refractivity contribution in [2.24, 2.45) is 15.7 Å². The van der Waals surface area contributed by atoms with E-state index in [1.54, 1.807) is 12.5 Å². The maximum Gasteiger partial charge on any atom is 0.232 e. The van der Waals surface area contributed by atoms with Gasteiger partial charge in [-0.2, -0.15) is 5.26 Å². The summed E-state index contributed by atoms with van der Waals surface area (Å²) in [7, 11) is 0. The molecule has 0 saturated carbocycles. The summed E-state index contributed by atoms with van der Waals surface area (Å²) in [5, 5.41) is 8.17. The van der Waals surface area contributed by atoms with E-state index in [0.29, 0.717) is 0 Å². The molecule has 5 heteroatoms. The number of likely N-dealkylation sites (tertiary alicyclic amines) is 1. The maximum absolute atomic E-state index is 8.17. The molecule has 1 aliphatic heterocycles. The largest absolute Gasteiger partial charge is 0.367 e. The van der Waals surface area contributed by atoms with Crippen LogP contribution in [0.4, 0.5) is 0 Å². The van der Waals surface area contributed by atoms with Crippen LogP contribution < -0.4 is 5.73 Å². The molecule has 1 rings (SSSR count). The topological polar surface area (TPSA) is 77.8 Å². The van der Waals surface area contributed by atoms with E-state index in [4.69, 9.17) is 11.0 Å². The van der Waals surface area contributed by atoms with E-state index in [9.17, 15) is 0 Å². The van der Waals surface area contributed by atoms with E-state index in [0.717, 1.165) is 13.1 Å². The highest BCUT2D eigenvalue weighted by Gasteiger charge is 2.05. The molecule has 0 bridgehead atoms. The van der Waals surface area contributed by atoms with E-state index >= 15 is 0 Å². The highest BCUT2D eigenvalue weighted by Crippen LogP contribution is 2.05. The predicted octanol–water partition coefficient (Wildman–Crippen LogP) is 0.296. The van der Waals surface area contributed by atoms with Gasteiger partial charge in [-0.25, -0.2) is 4.99 Å². The van der Waals surface area contributed by atoms with Crippen molar-refractivity contribution in [3.63, 3.8) is 0 Å².